The van der Waals surface area contributed by atoms with E-state index in [1.165, 1.54) is 12.1 Å². The van der Waals surface area contributed by atoms with E-state index >= 15 is 0 Å². The average molecular weight is 466 g/mol. The van der Waals surface area contributed by atoms with E-state index in [9.17, 15) is 10.1 Å². The lowest BCUT2D eigenvalue weighted by Gasteiger charge is -2.38. The van der Waals surface area contributed by atoms with Gasteiger partial charge in [-0.3, -0.25) is 10.1 Å². The molecule has 0 bridgehead atoms. The van der Waals surface area contributed by atoms with Crippen LogP contribution in [0.4, 0.5) is 5.69 Å². The largest absolute Gasteiger partial charge is 0.493 e. The maximum atomic E-state index is 11.3. The number of hydrogen-bond donors (Lipinski definition) is 0. The number of nitro benzene ring substituents is 1. The molecule has 8 nitrogen and oxygen atoms in total. The van der Waals surface area contributed by atoms with Crippen LogP contribution >= 0.6 is 11.6 Å². The number of fused-ring (bicyclic) bond motifs is 3. The van der Waals surface area contributed by atoms with Gasteiger partial charge in [0.05, 0.1) is 30.9 Å². The number of benzene rings is 3. The summed E-state index contributed by atoms with van der Waals surface area (Å²) >= 11 is 6.29. The molecule has 0 N–H and O–H groups in total. The number of nitro groups is 1. The Bertz CT molecular complexity index is 1280. The van der Waals surface area contributed by atoms with E-state index in [-0.39, 0.29) is 11.7 Å². The average Bonchev–Trinajstić information content (AvgIpc) is 3.29. The second kappa shape index (κ2) is 8.29. The van der Waals surface area contributed by atoms with Gasteiger partial charge in [-0.2, -0.15) is 5.10 Å². The Kier molecular flexibility index (Phi) is 5.30. The summed E-state index contributed by atoms with van der Waals surface area (Å²) in [6.45, 7) is 0. The molecule has 0 fully saturated rings. The lowest BCUT2D eigenvalue weighted by molar-refractivity contribution is -0.385. The number of hydrogen-bond acceptors (Lipinski definition) is 7. The summed E-state index contributed by atoms with van der Waals surface area (Å²) in [5.41, 5.74) is 3.30. The van der Waals surface area contributed by atoms with E-state index in [4.69, 9.17) is 30.9 Å². The molecule has 5 rings (SSSR count). The standard InChI is InChI=1S/C24H20ClN3O5/c1-31-22-8-6-14(11-23(22)32-2)19-13-20-18-12-16(25)7-9-21(18)33-24(27(20)26-19)15-4-3-5-17(10-15)28(29)30/h3-12,20,24H,13H2,1-2H3/t20-,24+/m0/s1. The van der Waals surface area contributed by atoms with Gasteiger partial charge in [-0.05, 0) is 36.4 Å². The van der Waals surface area contributed by atoms with E-state index in [1.807, 2.05) is 35.3 Å². The van der Waals surface area contributed by atoms with Gasteiger partial charge < -0.3 is 14.2 Å². The number of halogens is 1. The minimum absolute atomic E-state index is 0.00200. The highest BCUT2D eigenvalue weighted by atomic mass is 35.5. The number of nitrogens with zero attached hydrogens (tertiary/aromatic N) is 3. The third kappa shape index (κ3) is 3.72. The maximum Gasteiger partial charge on any atom is 0.269 e. The highest BCUT2D eigenvalue weighted by Gasteiger charge is 2.41. The van der Waals surface area contributed by atoms with Crippen LogP contribution in [0.1, 0.15) is 35.4 Å². The highest BCUT2D eigenvalue weighted by Crippen LogP contribution is 2.48. The van der Waals surface area contributed by atoms with Crippen molar-refractivity contribution in [3.05, 3.63) is 92.5 Å². The molecule has 0 amide bonds. The summed E-state index contributed by atoms with van der Waals surface area (Å²) in [5, 5.41) is 18.7. The smallest absolute Gasteiger partial charge is 0.269 e. The topological polar surface area (TPSA) is 86.4 Å². The van der Waals surface area contributed by atoms with Crippen LogP contribution in [0.5, 0.6) is 17.2 Å². The molecule has 0 saturated heterocycles. The predicted molar refractivity (Wildman–Crippen MR) is 123 cm³/mol. The van der Waals surface area contributed by atoms with Gasteiger partial charge in [0.15, 0.2) is 11.5 Å². The first kappa shape index (κ1) is 21.1. The third-order valence-corrected chi connectivity index (χ3v) is 6.07. The Balaban J connectivity index is 1.59. The van der Waals surface area contributed by atoms with Crippen LogP contribution in [0, 0.1) is 10.1 Å². The minimum atomic E-state index is -0.624. The van der Waals surface area contributed by atoms with E-state index in [0.717, 1.165) is 16.8 Å². The first-order valence-corrected chi connectivity index (χ1v) is 10.6. The molecule has 3 aromatic carbocycles. The third-order valence-electron chi connectivity index (χ3n) is 5.83. The fourth-order valence-corrected chi connectivity index (χ4v) is 4.44. The van der Waals surface area contributed by atoms with Crippen molar-refractivity contribution < 1.29 is 19.1 Å². The van der Waals surface area contributed by atoms with Crippen LogP contribution in [-0.4, -0.2) is 29.9 Å². The molecule has 2 aliphatic heterocycles. The summed E-state index contributed by atoms with van der Waals surface area (Å²) in [5.74, 6) is 1.92. The lowest BCUT2D eigenvalue weighted by atomic mass is 9.95. The minimum Gasteiger partial charge on any atom is -0.493 e. The van der Waals surface area contributed by atoms with Crippen molar-refractivity contribution in [1.82, 2.24) is 5.01 Å². The molecule has 0 spiro atoms. The van der Waals surface area contributed by atoms with E-state index < -0.39 is 11.2 Å². The van der Waals surface area contributed by atoms with Gasteiger partial charge in [0.25, 0.3) is 5.69 Å². The van der Waals surface area contributed by atoms with Gasteiger partial charge in [-0.25, -0.2) is 5.01 Å². The molecule has 0 aromatic heterocycles. The highest BCUT2D eigenvalue weighted by molar-refractivity contribution is 6.30. The predicted octanol–water partition coefficient (Wildman–Crippen LogP) is 5.51. The maximum absolute atomic E-state index is 11.3. The van der Waals surface area contributed by atoms with Crippen molar-refractivity contribution in [3.63, 3.8) is 0 Å². The molecular weight excluding hydrogens is 446 g/mol. The first-order chi connectivity index (χ1) is 16.0. The Hall–Kier alpha value is -3.78. The molecule has 2 aliphatic rings. The zero-order valence-corrected chi connectivity index (χ0v) is 18.7. The Morgan fingerprint density at radius 1 is 1.09 bits per heavy atom. The number of ether oxygens (including phenoxy) is 3. The summed E-state index contributed by atoms with van der Waals surface area (Å²) in [7, 11) is 3.18. The summed E-state index contributed by atoms with van der Waals surface area (Å²) in [4.78, 5) is 10.9. The number of non-ortho nitro benzene ring substituents is 1. The van der Waals surface area contributed by atoms with Gasteiger partial charge in [0.1, 0.15) is 5.75 Å². The van der Waals surface area contributed by atoms with Crippen LogP contribution in [0.2, 0.25) is 5.02 Å². The van der Waals surface area contributed by atoms with E-state index in [2.05, 4.69) is 0 Å². The summed E-state index contributed by atoms with van der Waals surface area (Å²) < 4.78 is 17.1. The fraction of sp³-hybridized carbons (Fsp3) is 0.208. The fourth-order valence-electron chi connectivity index (χ4n) is 4.26. The molecule has 0 aliphatic carbocycles. The Morgan fingerprint density at radius 3 is 2.67 bits per heavy atom. The first-order valence-electron chi connectivity index (χ1n) is 10.3. The van der Waals surface area contributed by atoms with Crippen LogP contribution in [0.3, 0.4) is 0 Å². The molecule has 0 radical (unpaired) electrons. The van der Waals surface area contributed by atoms with Crippen molar-refractivity contribution in [3.8, 4) is 17.2 Å². The Labute approximate surface area is 195 Å². The molecule has 168 valence electrons. The van der Waals surface area contributed by atoms with Crippen molar-refractivity contribution in [2.24, 2.45) is 5.10 Å². The molecular formula is C24H20ClN3O5. The quantitative estimate of drug-likeness (QED) is 0.365. The Morgan fingerprint density at radius 2 is 1.91 bits per heavy atom. The summed E-state index contributed by atoms with van der Waals surface area (Å²) in [6.07, 6.45) is -0.0151. The van der Waals surface area contributed by atoms with Gasteiger partial charge in [0, 0.05) is 40.3 Å². The number of hydrazone groups is 1. The second-order valence-electron chi connectivity index (χ2n) is 7.72. The van der Waals surface area contributed by atoms with Crippen molar-refractivity contribution in [2.45, 2.75) is 18.7 Å². The molecule has 2 atom stereocenters. The van der Waals surface area contributed by atoms with Gasteiger partial charge in [-0.1, -0.05) is 23.7 Å². The normalized spacial score (nSPS) is 18.6. The van der Waals surface area contributed by atoms with E-state index in [1.54, 1.807) is 32.4 Å². The van der Waals surface area contributed by atoms with Crippen LogP contribution in [-0.2, 0) is 0 Å². The lowest BCUT2D eigenvalue weighted by Crippen LogP contribution is -2.33. The molecule has 3 aromatic rings. The van der Waals surface area contributed by atoms with Crippen LogP contribution < -0.4 is 14.2 Å². The molecule has 9 heteroatoms. The monoisotopic (exact) mass is 465 g/mol. The zero-order chi connectivity index (χ0) is 23.1. The van der Waals surface area contributed by atoms with Crippen molar-refractivity contribution in [1.29, 1.82) is 0 Å². The molecule has 0 unspecified atom stereocenters. The number of rotatable bonds is 5. The van der Waals surface area contributed by atoms with Gasteiger partial charge in [0.2, 0.25) is 6.23 Å². The molecule has 33 heavy (non-hydrogen) atoms. The van der Waals surface area contributed by atoms with Crippen molar-refractivity contribution in [2.75, 3.05) is 14.2 Å². The number of methoxy groups -OCH3 is 2. The summed E-state index contributed by atoms with van der Waals surface area (Å²) in [6, 6.07) is 17.4. The van der Waals surface area contributed by atoms with Crippen molar-refractivity contribution >= 4 is 23.0 Å². The zero-order valence-electron chi connectivity index (χ0n) is 17.9. The van der Waals surface area contributed by atoms with Gasteiger partial charge >= 0.3 is 0 Å². The SMILES string of the molecule is COc1ccc(C2=NN3[C@@H](c4cccc([N+](=O)[O-])c4)Oc4ccc(Cl)cc4[C@@H]3C2)cc1OC. The van der Waals surface area contributed by atoms with E-state index in [0.29, 0.717) is 34.3 Å². The van der Waals surface area contributed by atoms with Crippen LogP contribution in [0.25, 0.3) is 0 Å². The second-order valence-corrected chi connectivity index (χ2v) is 8.16. The molecule has 0 saturated carbocycles. The van der Waals surface area contributed by atoms with Crippen LogP contribution in [0.15, 0.2) is 65.8 Å². The van der Waals surface area contributed by atoms with Gasteiger partial charge in [-0.15, -0.1) is 0 Å². The molecule has 2 heterocycles.